The molecule has 1 saturated carbocycles. The van der Waals surface area contributed by atoms with Crippen molar-refractivity contribution >= 4 is 17.3 Å². The Bertz CT molecular complexity index is 608. The fraction of sp³-hybridized carbons (Fsp3) is 0.412. The van der Waals surface area contributed by atoms with Crippen LogP contribution in [0.4, 0.5) is 0 Å². The highest BCUT2D eigenvalue weighted by molar-refractivity contribution is 7.09. The van der Waals surface area contributed by atoms with Gasteiger partial charge in [-0.3, -0.25) is 4.79 Å². The van der Waals surface area contributed by atoms with Crippen LogP contribution in [-0.2, 0) is 11.2 Å². The first-order valence-electron chi connectivity index (χ1n) is 7.46. The first kappa shape index (κ1) is 14.3. The van der Waals surface area contributed by atoms with E-state index in [0.717, 1.165) is 48.4 Å². The molecule has 4 heteroatoms. The standard InChI is InChI=1S/C17H19NO2S/c19-17(20)14-9-5-4-8-13(14)10-16-18-15(11-21-16)12-6-2-1-3-7-12/h1-3,6-7,11,13-14H,4-5,8-10H2,(H,19,20). The third-order valence-corrected chi connectivity index (χ3v) is 5.16. The highest BCUT2D eigenvalue weighted by Crippen LogP contribution is 2.34. The van der Waals surface area contributed by atoms with Crippen molar-refractivity contribution in [2.75, 3.05) is 0 Å². The molecular weight excluding hydrogens is 282 g/mol. The molecule has 0 aliphatic heterocycles. The third kappa shape index (κ3) is 3.32. The van der Waals surface area contributed by atoms with E-state index in [9.17, 15) is 9.90 Å². The van der Waals surface area contributed by atoms with Gasteiger partial charge in [-0.2, -0.15) is 0 Å². The van der Waals surface area contributed by atoms with Crippen molar-refractivity contribution in [1.29, 1.82) is 0 Å². The van der Waals surface area contributed by atoms with Crippen LogP contribution in [0.1, 0.15) is 30.7 Å². The second-order valence-electron chi connectivity index (χ2n) is 5.69. The van der Waals surface area contributed by atoms with Gasteiger partial charge < -0.3 is 5.11 Å². The molecule has 21 heavy (non-hydrogen) atoms. The van der Waals surface area contributed by atoms with Gasteiger partial charge in [0.1, 0.15) is 0 Å². The maximum atomic E-state index is 11.4. The molecule has 1 aromatic carbocycles. The van der Waals surface area contributed by atoms with Crippen LogP contribution in [-0.4, -0.2) is 16.1 Å². The van der Waals surface area contributed by atoms with Crippen LogP contribution < -0.4 is 0 Å². The summed E-state index contributed by atoms with van der Waals surface area (Å²) in [5.74, 6) is -0.589. The van der Waals surface area contributed by atoms with E-state index >= 15 is 0 Å². The van der Waals surface area contributed by atoms with Crippen LogP contribution in [0.3, 0.4) is 0 Å². The zero-order valence-corrected chi connectivity index (χ0v) is 12.7. The molecule has 0 radical (unpaired) electrons. The molecule has 3 rings (SSSR count). The lowest BCUT2D eigenvalue weighted by molar-refractivity contribution is -0.144. The molecule has 0 bridgehead atoms. The van der Waals surface area contributed by atoms with E-state index in [4.69, 9.17) is 4.98 Å². The van der Waals surface area contributed by atoms with E-state index < -0.39 is 5.97 Å². The number of hydrogen-bond acceptors (Lipinski definition) is 3. The van der Waals surface area contributed by atoms with Gasteiger partial charge in [0.25, 0.3) is 0 Å². The zero-order valence-electron chi connectivity index (χ0n) is 11.9. The normalized spacial score (nSPS) is 22.1. The summed E-state index contributed by atoms with van der Waals surface area (Å²) in [6.45, 7) is 0. The predicted molar refractivity (Wildman–Crippen MR) is 84.3 cm³/mol. The number of carbonyl (C=O) groups is 1. The van der Waals surface area contributed by atoms with Gasteiger partial charge in [-0.05, 0) is 18.8 Å². The quantitative estimate of drug-likeness (QED) is 0.918. The molecular formula is C17H19NO2S. The molecule has 1 aromatic heterocycles. The van der Waals surface area contributed by atoms with Gasteiger partial charge >= 0.3 is 5.97 Å². The van der Waals surface area contributed by atoms with Crippen molar-refractivity contribution in [3.05, 3.63) is 40.7 Å². The van der Waals surface area contributed by atoms with Crippen LogP contribution in [0.5, 0.6) is 0 Å². The largest absolute Gasteiger partial charge is 0.481 e. The summed E-state index contributed by atoms with van der Waals surface area (Å²) in [5, 5.41) is 12.5. The monoisotopic (exact) mass is 301 g/mol. The van der Waals surface area contributed by atoms with E-state index in [0.29, 0.717) is 0 Å². The first-order valence-corrected chi connectivity index (χ1v) is 8.34. The summed E-state index contributed by atoms with van der Waals surface area (Å²) in [6, 6.07) is 10.1. The van der Waals surface area contributed by atoms with Gasteiger partial charge in [-0.25, -0.2) is 4.98 Å². The zero-order chi connectivity index (χ0) is 14.7. The number of aromatic nitrogens is 1. The summed E-state index contributed by atoms with van der Waals surface area (Å²) < 4.78 is 0. The Hall–Kier alpha value is -1.68. The molecule has 1 heterocycles. The minimum atomic E-state index is -0.639. The number of carboxylic acid groups (broad SMARTS) is 1. The first-order chi connectivity index (χ1) is 10.2. The molecule has 0 spiro atoms. The Kier molecular flexibility index (Phi) is 4.34. The molecule has 2 unspecified atom stereocenters. The van der Waals surface area contributed by atoms with Crippen LogP contribution in [0.2, 0.25) is 0 Å². The van der Waals surface area contributed by atoms with Crippen molar-refractivity contribution in [2.24, 2.45) is 11.8 Å². The fourth-order valence-electron chi connectivity index (χ4n) is 3.15. The molecule has 0 amide bonds. The van der Waals surface area contributed by atoms with Crippen molar-refractivity contribution in [1.82, 2.24) is 4.98 Å². The average molecular weight is 301 g/mol. The van der Waals surface area contributed by atoms with Crippen molar-refractivity contribution in [3.8, 4) is 11.3 Å². The molecule has 3 nitrogen and oxygen atoms in total. The number of benzene rings is 1. The topological polar surface area (TPSA) is 50.2 Å². The molecule has 2 atom stereocenters. The van der Waals surface area contributed by atoms with Gasteiger partial charge in [-0.15, -0.1) is 11.3 Å². The molecule has 2 aromatic rings. The average Bonchev–Trinajstić information content (AvgIpc) is 2.97. The van der Waals surface area contributed by atoms with Gasteiger partial charge in [0.15, 0.2) is 0 Å². The Labute approximate surface area is 128 Å². The number of hydrogen-bond donors (Lipinski definition) is 1. The van der Waals surface area contributed by atoms with Gasteiger partial charge in [0.2, 0.25) is 0 Å². The second-order valence-corrected chi connectivity index (χ2v) is 6.63. The lowest BCUT2D eigenvalue weighted by Gasteiger charge is -2.27. The molecule has 1 aliphatic rings. The number of nitrogens with zero attached hydrogens (tertiary/aromatic N) is 1. The summed E-state index contributed by atoms with van der Waals surface area (Å²) in [4.78, 5) is 16.1. The SMILES string of the molecule is O=C(O)C1CCCCC1Cc1nc(-c2ccccc2)cs1. The number of thiazole rings is 1. The fourth-order valence-corrected chi connectivity index (χ4v) is 4.05. The van der Waals surface area contributed by atoms with Crippen LogP contribution in [0, 0.1) is 11.8 Å². The summed E-state index contributed by atoms with van der Waals surface area (Å²) in [7, 11) is 0. The second kappa shape index (κ2) is 6.39. The highest BCUT2D eigenvalue weighted by Gasteiger charge is 2.31. The lowest BCUT2D eigenvalue weighted by Crippen LogP contribution is -2.28. The Morgan fingerprint density at radius 1 is 1.24 bits per heavy atom. The van der Waals surface area contributed by atoms with E-state index in [1.165, 1.54) is 0 Å². The van der Waals surface area contributed by atoms with Crippen molar-refractivity contribution in [2.45, 2.75) is 32.1 Å². The Morgan fingerprint density at radius 3 is 2.76 bits per heavy atom. The van der Waals surface area contributed by atoms with Crippen LogP contribution >= 0.6 is 11.3 Å². The smallest absolute Gasteiger partial charge is 0.306 e. The van der Waals surface area contributed by atoms with Gasteiger partial charge in [0.05, 0.1) is 16.6 Å². The molecule has 110 valence electrons. The van der Waals surface area contributed by atoms with E-state index in [2.05, 4.69) is 17.5 Å². The Balaban J connectivity index is 1.73. The summed E-state index contributed by atoms with van der Waals surface area (Å²) >= 11 is 1.65. The number of aliphatic carboxylic acids is 1. The number of carboxylic acids is 1. The minimum Gasteiger partial charge on any atom is -0.481 e. The van der Waals surface area contributed by atoms with Crippen molar-refractivity contribution in [3.63, 3.8) is 0 Å². The van der Waals surface area contributed by atoms with Gasteiger partial charge in [-0.1, -0.05) is 43.2 Å². The maximum absolute atomic E-state index is 11.4. The summed E-state index contributed by atoms with van der Waals surface area (Å²) in [6.07, 6.45) is 4.81. The molecule has 1 aliphatic carbocycles. The van der Waals surface area contributed by atoms with Crippen molar-refractivity contribution < 1.29 is 9.90 Å². The van der Waals surface area contributed by atoms with Gasteiger partial charge in [0, 0.05) is 17.4 Å². The van der Waals surface area contributed by atoms with E-state index in [1.807, 2.05) is 18.2 Å². The van der Waals surface area contributed by atoms with E-state index in [-0.39, 0.29) is 11.8 Å². The molecule has 0 saturated heterocycles. The van der Waals surface area contributed by atoms with Crippen LogP contribution in [0.25, 0.3) is 11.3 Å². The highest BCUT2D eigenvalue weighted by atomic mass is 32.1. The van der Waals surface area contributed by atoms with Crippen LogP contribution in [0.15, 0.2) is 35.7 Å². The Morgan fingerprint density at radius 2 is 2.00 bits per heavy atom. The predicted octanol–water partition coefficient (Wildman–Crippen LogP) is 4.24. The lowest BCUT2D eigenvalue weighted by atomic mass is 9.77. The summed E-state index contributed by atoms with van der Waals surface area (Å²) in [5.41, 5.74) is 2.12. The minimum absolute atomic E-state index is 0.192. The third-order valence-electron chi connectivity index (χ3n) is 4.28. The molecule has 1 N–H and O–H groups in total. The molecule has 1 fully saturated rings. The number of rotatable bonds is 4. The maximum Gasteiger partial charge on any atom is 0.306 e. The van der Waals surface area contributed by atoms with E-state index in [1.54, 1.807) is 11.3 Å².